The molecule has 0 amide bonds. The number of sulfonamides is 1. The molecule has 1 aromatic carbocycles. The molecule has 0 saturated carbocycles. The molecule has 6 nitrogen and oxygen atoms in total. The minimum absolute atomic E-state index is 0.116. The number of fused-ring (bicyclic) bond motifs is 1. The number of hydrogen-bond acceptors (Lipinski definition) is 6. The number of nitrogens with one attached hydrogen (secondary N) is 1. The summed E-state index contributed by atoms with van der Waals surface area (Å²) < 4.78 is 37.0. The van der Waals surface area contributed by atoms with Gasteiger partial charge in [0.1, 0.15) is 5.01 Å². The van der Waals surface area contributed by atoms with Crippen molar-refractivity contribution in [2.75, 3.05) is 6.79 Å². The first-order valence-electron chi connectivity index (χ1n) is 5.43. The molecular formula is C11H10N2O4S2. The predicted molar refractivity (Wildman–Crippen MR) is 68.7 cm³/mol. The van der Waals surface area contributed by atoms with Crippen LogP contribution < -0.4 is 14.2 Å². The van der Waals surface area contributed by atoms with E-state index in [-0.39, 0.29) is 18.2 Å². The summed E-state index contributed by atoms with van der Waals surface area (Å²) in [6, 6.07) is 4.52. The molecule has 100 valence electrons. The third-order valence-corrected chi connectivity index (χ3v) is 4.73. The van der Waals surface area contributed by atoms with E-state index in [2.05, 4.69) is 9.71 Å². The Balaban J connectivity index is 1.80. The van der Waals surface area contributed by atoms with Gasteiger partial charge >= 0.3 is 0 Å². The van der Waals surface area contributed by atoms with Gasteiger partial charge in [-0.1, -0.05) is 0 Å². The van der Waals surface area contributed by atoms with Crippen molar-refractivity contribution in [3.8, 4) is 11.5 Å². The Morgan fingerprint density at radius 3 is 2.95 bits per heavy atom. The Labute approximate surface area is 114 Å². The first kappa shape index (κ1) is 12.4. The summed E-state index contributed by atoms with van der Waals surface area (Å²) in [4.78, 5) is 4.16. The number of rotatable bonds is 4. The first-order chi connectivity index (χ1) is 9.15. The fraction of sp³-hybridized carbons (Fsp3) is 0.182. The van der Waals surface area contributed by atoms with Gasteiger partial charge in [0.2, 0.25) is 16.8 Å². The summed E-state index contributed by atoms with van der Waals surface area (Å²) in [5, 5.41) is 2.51. The molecule has 2 aromatic rings. The van der Waals surface area contributed by atoms with Crippen LogP contribution in [0.5, 0.6) is 11.5 Å². The molecule has 1 N–H and O–H groups in total. The van der Waals surface area contributed by atoms with Gasteiger partial charge in [-0.05, 0) is 12.1 Å². The normalized spacial score (nSPS) is 13.7. The third kappa shape index (κ3) is 2.55. The summed E-state index contributed by atoms with van der Waals surface area (Å²) >= 11 is 1.40. The van der Waals surface area contributed by atoms with Gasteiger partial charge in [0.25, 0.3) is 0 Å². The highest BCUT2D eigenvalue weighted by molar-refractivity contribution is 7.89. The van der Waals surface area contributed by atoms with Crippen LogP contribution in [0.25, 0.3) is 0 Å². The second-order valence-electron chi connectivity index (χ2n) is 3.77. The van der Waals surface area contributed by atoms with Crippen LogP contribution in [0.3, 0.4) is 0 Å². The fourth-order valence-electron chi connectivity index (χ4n) is 1.62. The Bertz CT molecular complexity index is 683. The third-order valence-electron chi connectivity index (χ3n) is 2.55. The summed E-state index contributed by atoms with van der Waals surface area (Å²) in [5.41, 5.74) is 0. The number of benzene rings is 1. The van der Waals surface area contributed by atoms with Crippen LogP contribution in [0, 0.1) is 0 Å². The monoisotopic (exact) mass is 298 g/mol. The Morgan fingerprint density at radius 1 is 1.32 bits per heavy atom. The van der Waals surface area contributed by atoms with E-state index < -0.39 is 10.0 Å². The van der Waals surface area contributed by atoms with Crippen molar-refractivity contribution in [3.05, 3.63) is 34.8 Å². The topological polar surface area (TPSA) is 77.5 Å². The van der Waals surface area contributed by atoms with Gasteiger partial charge in [0, 0.05) is 17.6 Å². The number of ether oxygens (including phenoxy) is 2. The average Bonchev–Trinajstić information content (AvgIpc) is 3.06. The van der Waals surface area contributed by atoms with Crippen LogP contribution in [0.4, 0.5) is 0 Å². The van der Waals surface area contributed by atoms with Crippen molar-refractivity contribution >= 4 is 21.4 Å². The second-order valence-corrected chi connectivity index (χ2v) is 6.51. The Kier molecular flexibility index (Phi) is 3.13. The molecule has 0 unspecified atom stereocenters. The molecule has 19 heavy (non-hydrogen) atoms. The highest BCUT2D eigenvalue weighted by Gasteiger charge is 2.20. The summed E-state index contributed by atoms with van der Waals surface area (Å²) in [7, 11) is -3.58. The van der Waals surface area contributed by atoms with Crippen LogP contribution in [0.2, 0.25) is 0 Å². The highest BCUT2D eigenvalue weighted by atomic mass is 32.2. The van der Waals surface area contributed by atoms with Gasteiger partial charge in [-0.25, -0.2) is 18.1 Å². The minimum Gasteiger partial charge on any atom is -0.454 e. The highest BCUT2D eigenvalue weighted by Crippen LogP contribution is 2.33. The summed E-state index contributed by atoms with van der Waals surface area (Å²) in [5.74, 6) is 0.996. The molecule has 0 atom stereocenters. The van der Waals surface area contributed by atoms with E-state index in [1.807, 2.05) is 0 Å². The number of aromatic nitrogens is 1. The Hall–Kier alpha value is -1.64. The average molecular weight is 298 g/mol. The lowest BCUT2D eigenvalue weighted by atomic mass is 10.3. The van der Waals surface area contributed by atoms with E-state index in [1.165, 1.54) is 23.5 Å². The minimum atomic E-state index is -3.58. The zero-order chi connectivity index (χ0) is 13.3. The molecule has 1 aliphatic heterocycles. The molecule has 0 aliphatic carbocycles. The molecule has 0 saturated heterocycles. The maximum atomic E-state index is 12.1. The maximum absolute atomic E-state index is 12.1. The number of thiazole rings is 1. The van der Waals surface area contributed by atoms with Crippen LogP contribution in [-0.2, 0) is 16.6 Å². The maximum Gasteiger partial charge on any atom is 0.241 e. The van der Waals surface area contributed by atoms with Crippen molar-refractivity contribution in [1.29, 1.82) is 0 Å². The van der Waals surface area contributed by atoms with Gasteiger partial charge in [0.05, 0.1) is 11.4 Å². The van der Waals surface area contributed by atoms with Gasteiger partial charge < -0.3 is 9.47 Å². The number of nitrogens with zero attached hydrogens (tertiary/aromatic N) is 1. The van der Waals surface area contributed by atoms with Gasteiger partial charge in [-0.3, -0.25) is 0 Å². The smallest absolute Gasteiger partial charge is 0.241 e. The molecule has 0 radical (unpaired) electrons. The second kappa shape index (κ2) is 4.80. The van der Waals surface area contributed by atoms with E-state index in [1.54, 1.807) is 17.6 Å². The van der Waals surface area contributed by atoms with Crippen LogP contribution >= 0.6 is 11.3 Å². The van der Waals surface area contributed by atoms with E-state index >= 15 is 0 Å². The van der Waals surface area contributed by atoms with Crippen LogP contribution in [-0.4, -0.2) is 20.2 Å². The SMILES string of the molecule is O=S(=O)(NCc1nccs1)c1ccc2c(c1)OCO2. The molecule has 0 bridgehead atoms. The number of hydrogen-bond donors (Lipinski definition) is 1. The first-order valence-corrected chi connectivity index (χ1v) is 7.79. The molecule has 1 aromatic heterocycles. The van der Waals surface area contributed by atoms with E-state index in [0.717, 1.165) is 0 Å². The van der Waals surface area contributed by atoms with Crippen molar-refractivity contribution in [1.82, 2.24) is 9.71 Å². The van der Waals surface area contributed by atoms with Crippen molar-refractivity contribution in [3.63, 3.8) is 0 Å². The van der Waals surface area contributed by atoms with Crippen molar-refractivity contribution in [2.24, 2.45) is 0 Å². The van der Waals surface area contributed by atoms with Gasteiger partial charge in [0.15, 0.2) is 11.5 Å². The molecule has 3 rings (SSSR count). The van der Waals surface area contributed by atoms with E-state index in [0.29, 0.717) is 16.5 Å². The van der Waals surface area contributed by atoms with Crippen molar-refractivity contribution < 1.29 is 17.9 Å². The Morgan fingerprint density at radius 2 is 2.16 bits per heavy atom. The van der Waals surface area contributed by atoms with E-state index in [9.17, 15) is 8.42 Å². The molecule has 2 heterocycles. The molecule has 8 heteroatoms. The zero-order valence-electron chi connectivity index (χ0n) is 9.70. The lowest BCUT2D eigenvalue weighted by Gasteiger charge is -2.06. The lowest BCUT2D eigenvalue weighted by molar-refractivity contribution is 0.174. The molecule has 0 fully saturated rings. The van der Waals surface area contributed by atoms with Crippen LogP contribution in [0.15, 0.2) is 34.7 Å². The van der Waals surface area contributed by atoms with E-state index in [4.69, 9.17) is 9.47 Å². The summed E-state index contributed by atoms with van der Waals surface area (Å²) in [6.45, 7) is 0.291. The standard InChI is InChI=1S/C11H10N2O4S2/c14-19(15,13-6-11-12-3-4-18-11)8-1-2-9-10(5-8)17-7-16-9/h1-5,13H,6-7H2. The van der Waals surface area contributed by atoms with Crippen LogP contribution in [0.1, 0.15) is 5.01 Å². The molecule has 1 aliphatic rings. The lowest BCUT2D eigenvalue weighted by Crippen LogP contribution is -2.23. The quantitative estimate of drug-likeness (QED) is 0.922. The predicted octanol–water partition coefficient (Wildman–Crippen LogP) is 1.35. The van der Waals surface area contributed by atoms with Crippen molar-refractivity contribution in [2.45, 2.75) is 11.4 Å². The summed E-state index contributed by atoms with van der Waals surface area (Å²) in [6.07, 6.45) is 1.63. The zero-order valence-corrected chi connectivity index (χ0v) is 11.3. The fourth-order valence-corrected chi connectivity index (χ4v) is 3.27. The molecule has 0 spiro atoms. The molecular weight excluding hydrogens is 288 g/mol. The largest absolute Gasteiger partial charge is 0.454 e. The van der Waals surface area contributed by atoms with Gasteiger partial charge in [-0.2, -0.15) is 0 Å². The van der Waals surface area contributed by atoms with Gasteiger partial charge in [-0.15, -0.1) is 11.3 Å².